The van der Waals surface area contributed by atoms with Crippen molar-refractivity contribution in [1.29, 1.82) is 0 Å². The summed E-state index contributed by atoms with van der Waals surface area (Å²) in [7, 11) is 0. The van der Waals surface area contributed by atoms with Crippen molar-refractivity contribution in [3.63, 3.8) is 0 Å². The maximum Gasteiger partial charge on any atom is 0.346 e. The third-order valence-electron chi connectivity index (χ3n) is 3.15. The van der Waals surface area contributed by atoms with Gasteiger partial charge in [-0.3, -0.25) is 0 Å². The normalized spacial score (nSPS) is 11.3. The maximum absolute atomic E-state index is 12.0. The van der Waals surface area contributed by atoms with Gasteiger partial charge in [0.15, 0.2) is 0 Å². The zero-order valence-electron chi connectivity index (χ0n) is 12.4. The van der Waals surface area contributed by atoms with Gasteiger partial charge in [0, 0.05) is 6.20 Å². The van der Waals surface area contributed by atoms with Crippen LogP contribution in [-0.2, 0) is 0 Å². The number of amides is 2. The highest BCUT2D eigenvalue weighted by Gasteiger charge is 2.07. The lowest BCUT2D eigenvalue weighted by atomic mass is 10.3. The number of anilines is 1. The summed E-state index contributed by atoms with van der Waals surface area (Å²) in [5.74, 6) is 0. The van der Waals surface area contributed by atoms with Gasteiger partial charge in [0.2, 0.25) is 0 Å². The first-order valence-electron chi connectivity index (χ1n) is 7.03. The molecule has 24 heavy (non-hydrogen) atoms. The average Bonchev–Trinajstić information content (AvgIpc) is 2.60. The summed E-state index contributed by atoms with van der Waals surface area (Å²) in [4.78, 5) is 15.9. The molecule has 2 amide bonds. The van der Waals surface area contributed by atoms with Crippen molar-refractivity contribution in [2.75, 3.05) is 5.32 Å². The second-order valence-electron chi connectivity index (χ2n) is 4.81. The van der Waals surface area contributed by atoms with Gasteiger partial charge in [0.1, 0.15) is 0 Å². The molecule has 7 heteroatoms. The van der Waals surface area contributed by atoms with Crippen LogP contribution in [0.4, 0.5) is 10.5 Å². The summed E-state index contributed by atoms with van der Waals surface area (Å²) < 4.78 is 1.69. The fourth-order valence-electron chi connectivity index (χ4n) is 2.01. The summed E-state index contributed by atoms with van der Waals surface area (Å²) in [6.07, 6.45) is 3.24. The van der Waals surface area contributed by atoms with Gasteiger partial charge in [0.25, 0.3) is 0 Å². The number of rotatable bonds is 2. The zero-order chi connectivity index (χ0) is 16.9. The fraction of sp³-hybridized carbons (Fsp3) is 0. The number of halogens is 2. The smallest absolute Gasteiger partial charge is 0.305 e. The van der Waals surface area contributed by atoms with Crippen LogP contribution in [0.2, 0.25) is 10.0 Å². The van der Waals surface area contributed by atoms with E-state index in [1.165, 1.54) is 6.20 Å². The van der Waals surface area contributed by atoms with Crippen molar-refractivity contribution in [3.8, 4) is 5.69 Å². The zero-order valence-corrected chi connectivity index (χ0v) is 13.9. The number of nitrogens with one attached hydrogen (secondary N) is 1. The van der Waals surface area contributed by atoms with Gasteiger partial charge in [-0.25, -0.2) is 9.48 Å². The highest BCUT2D eigenvalue weighted by Crippen LogP contribution is 2.29. The number of para-hydroxylation sites is 1. The number of carbonyl (C=O) groups excluding carboxylic acids is 1. The minimum absolute atomic E-state index is 0.274. The monoisotopic (exact) mass is 358 g/mol. The summed E-state index contributed by atoms with van der Waals surface area (Å²) in [6.45, 7) is 0. The summed E-state index contributed by atoms with van der Waals surface area (Å²) in [5.41, 5.74) is 1.32. The minimum Gasteiger partial charge on any atom is -0.305 e. The van der Waals surface area contributed by atoms with Crippen LogP contribution in [0.25, 0.3) is 5.69 Å². The Kier molecular flexibility index (Phi) is 4.93. The Labute approximate surface area is 148 Å². The minimum atomic E-state index is -0.557. The van der Waals surface area contributed by atoms with Gasteiger partial charge in [-0.15, -0.1) is 0 Å². The molecular weight excluding hydrogens is 347 g/mol. The van der Waals surface area contributed by atoms with Crippen molar-refractivity contribution < 1.29 is 4.79 Å². The molecule has 5 nitrogen and oxygen atoms in total. The van der Waals surface area contributed by atoms with E-state index < -0.39 is 6.03 Å². The SMILES string of the molecule is O=C(/N=c1/ccn(-c2ccccc2)nc1)Nc1cccc(Cl)c1Cl. The molecule has 3 aromatic rings. The van der Waals surface area contributed by atoms with Crippen LogP contribution >= 0.6 is 23.2 Å². The quantitative estimate of drug-likeness (QED) is 0.741. The molecule has 0 saturated heterocycles. The standard InChI is InChI=1S/C17H12Cl2N4O/c18-14-7-4-8-15(16(14)19)22-17(24)21-12-9-10-23(20-11-12)13-5-2-1-3-6-13/h1-11H,(H,22,24)/b21-12-. The second kappa shape index (κ2) is 7.29. The molecule has 3 rings (SSSR count). The van der Waals surface area contributed by atoms with Crippen LogP contribution in [0.15, 0.2) is 72.0 Å². The van der Waals surface area contributed by atoms with E-state index >= 15 is 0 Å². The first kappa shape index (κ1) is 16.2. The van der Waals surface area contributed by atoms with Crippen molar-refractivity contribution in [1.82, 2.24) is 9.78 Å². The van der Waals surface area contributed by atoms with E-state index in [2.05, 4.69) is 15.4 Å². The van der Waals surface area contributed by atoms with E-state index in [9.17, 15) is 4.79 Å². The average molecular weight is 359 g/mol. The lowest BCUT2D eigenvalue weighted by Crippen LogP contribution is -2.14. The molecule has 1 N–H and O–H groups in total. The van der Waals surface area contributed by atoms with E-state index in [0.717, 1.165) is 5.69 Å². The third kappa shape index (κ3) is 3.82. The molecule has 0 spiro atoms. The molecule has 1 aromatic heterocycles. The lowest BCUT2D eigenvalue weighted by molar-refractivity contribution is 0.259. The molecule has 2 aromatic carbocycles. The summed E-state index contributed by atoms with van der Waals surface area (Å²) in [5, 5.41) is 7.89. The van der Waals surface area contributed by atoms with Crippen LogP contribution in [-0.4, -0.2) is 15.8 Å². The molecule has 0 unspecified atom stereocenters. The summed E-state index contributed by atoms with van der Waals surface area (Å²) in [6, 6.07) is 15.7. The molecule has 120 valence electrons. The van der Waals surface area contributed by atoms with Crippen molar-refractivity contribution in [3.05, 3.63) is 82.4 Å². The third-order valence-corrected chi connectivity index (χ3v) is 3.96. The number of aromatic nitrogens is 2. The predicted molar refractivity (Wildman–Crippen MR) is 94.6 cm³/mol. The highest BCUT2D eigenvalue weighted by atomic mass is 35.5. The van der Waals surface area contributed by atoms with Crippen molar-refractivity contribution in [2.45, 2.75) is 0 Å². The highest BCUT2D eigenvalue weighted by molar-refractivity contribution is 6.43. The molecule has 0 aliphatic rings. The van der Waals surface area contributed by atoms with Crippen molar-refractivity contribution in [2.24, 2.45) is 4.99 Å². The molecule has 0 fully saturated rings. The number of urea groups is 1. The number of hydrogen-bond acceptors (Lipinski definition) is 2. The number of nitrogens with zero attached hydrogens (tertiary/aromatic N) is 3. The van der Waals surface area contributed by atoms with Crippen LogP contribution in [0.5, 0.6) is 0 Å². The number of hydrogen-bond donors (Lipinski definition) is 1. The van der Waals surface area contributed by atoms with E-state index in [1.54, 1.807) is 35.1 Å². The van der Waals surface area contributed by atoms with Gasteiger partial charge in [-0.2, -0.15) is 10.1 Å². The molecule has 0 aliphatic carbocycles. The predicted octanol–water partition coefficient (Wildman–Crippen LogP) is 4.31. The van der Waals surface area contributed by atoms with Gasteiger partial charge >= 0.3 is 6.03 Å². The topological polar surface area (TPSA) is 59.3 Å². The first-order valence-corrected chi connectivity index (χ1v) is 7.79. The largest absolute Gasteiger partial charge is 0.346 e. The van der Waals surface area contributed by atoms with Crippen LogP contribution in [0, 0.1) is 0 Å². The molecule has 0 radical (unpaired) electrons. The Morgan fingerprint density at radius 1 is 1.04 bits per heavy atom. The Morgan fingerprint density at radius 3 is 2.54 bits per heavy atom. The second-order valence-corrected chi connectivity index (χ2v) is 5.59. The van der Waals surface area contributed by atoms with Gasteiger partial charge in [0.05, 0.1) is 33.0 Å². The first-order chi connectivity index (χ1) is 11.6. The fourth-order valence-corrected chi connectivity index (χ4v) is 2.36. The molecule has 1 heterocycles. The van der Waals surface area contributed by atoms with E-state index in [4.69, 9.17) is 23.2 Å². The Morgan fingerprint density at radius 2 is 1.83 bits per heavy atom. The number of carbonyl (C=O) groups is 1. The van der Waals surface area contributed by atoms with Gasteiger partial charge in [-0.05, 0) is 30.3 Å². The number of benzene rings is 2. The van der Waals surface area contributed by atoms with Crippen LogP contribution in [0.3, 0.4) is 0 Å². The van der Waals surface area contributed by atoms with Gasteiger partial charge < -0.3 is 5.32 Å². The molecular formula is C17H12Cl2N4O. The summed E-state index contributed by atoms with van der Waals surface area (Å²) >= 11 is 11.9. The van der Waals surface area contributed by atoms with E-state index in [1.807, 2.05) is 30.3 Å². The van der Waals surface area contributed by atoms with E-state index in [-0.39, 0.29) is 5.02 Å². The lowest BCUT2D eigenvalue weighted by Gasteiger charge is -2.05. The Balaban J connectivity index is 1.79. The van der Waals surface area contributed by atoms with Crippen LogP contribution in [0.1, 0.15) is 0 Å². The molecule has 0 aliphatic heterocycles. The van der Waals surface area contributed by atoms with Gasteiger partial charge in [-0.1, -0.05) is 47.5 Å². The Hall–Kier alpha value is -2.63. The van der Waals surface area contributed by atoms with E-state index in [0.29, 0.717) is 16.1 Å². The molecule has 0 atom stereocenters. The molecule has 0 bridgehead atoms. The molecule has 0 saturated carbocycles. The Bertz CT molecular complexity index is 918. The van der Waals surface area contributed by atoms with Crippen molar-refractivity contribution >= 4 is 34.9 Å². The van der Waals surface area contributed by atoms with Crippen LogP contribution < -0.4 is 10.7 Å². The maximum atomic E-state index is 12.0.